The lowest BCUT2D eigenvalue weighted by Gasteiger charge is -2.21. The van der Waals surface area contributed by atoms with Crippen LogP contribution in [0.5, 0.6) is 11.5 Å². The highest BCUT2D eigenvalue weighted by atomic mass is 16.5. The monoisotopic (exact) mass is 235 g/mol. The topological polar surface area (TPSA) is 44.5 Å². The molecule has 2 rings (SSSR count). The van der Waals surface area contributed by atoms with Gasteiger partial charge in [0.15, 0.2) is 11.5 Å². The van der Waals surface area contributed by atoms with Crippen LogP contribution in [0.15, 0.2) is 18.2 Å². The van der Waals surface area contributed by atoms with Crippen molar-refractivity contribution in [3.8, 4) is 11.5 Å². The van der Waals surface area contributed by atoms with Crippen LogP contribution in [-0.4, -0.2) is 17.7 Å². The van der Waals surface area contributed by atoms with E-state index in [1.165, 1.54) is 5.56 Å². The predicted octanol–water partition coefficient (Wildman–Crippen LogP) is 2.51. The van der Waals surface area contributed by atoms with Crippen LogP contribution in [0.4, 0.5) is 0 Å². The highest BCUT2D eigenvalue weighted by Gasteiger charge is 2.32. The zero-order valence-electron chi connectivity index (χ0n) is 11.0. The molecule has 0 bridgehead atoms. The van der Waals surface area contributed by atoms with E-state index in [-0.39, 0.29) is 17.7 Å². The quantitative estimate of drug-likeness (QED) is 0.875. The van der Waals surface area contributed by atoms with Crippen molar-refractivity contribution in [1.82, 2.24) is 0 Å². The molecule has 0 spiro atoms. The number of rotatable bonds is 3. The van der Waals surface area contributed by atoms with Crippen LogP contribution in [0, 0.1) is 0 Å². The molecule has 0 saturated heterocycles. The van der Waals surface area contributed by atoms with E-state index in [1.807, 2.05) is 26.0 Å². The van der Waals surface area contributed by atoms with E-state index in [9.17, 15) is 0 Å². The van der Waals surface area contributed by atoms with Gasteiger partial charge >= 0.3 is 0 Å². The zero-order valence-corrected chi connectivity index (χ0v) is 11.0. The Hall–Kier alpha value is -1.22. The second kappa shape index (κ2) is 4.22. The predicted molar refractivity (Wildman–Crippen MR) is 68.6 cm³/mol. The van der Waals surface area contributed by atoms with Crippen LogP contribution in [0.3, 0.4) is 0 Å². The molecule has 0 aromatic heterocycles. The lowest BCUT2D eigenvalue weighted by atomic mass is 10.0. The maximum atomic E-state index is 5.94. The first kappa shape index (κ1) is 12.2. The Balaban J connectivity index is 2.24. The summed E-state index contributed by atoms with van der Waals surface area (Å²) in [6, 6.07) is 6.04. The summed E-state index contributed by atoms with van der Waals surface area (Å²) in [5, 5.41) is 0. The minimum absolute atomic E-state index is 0.000249. The molecule has 0 aliphatic carbocycles. The Morgan fingerprint density at radius 2 is 2.06 bits per heavy atom. The van der Waals surface area contributed by atoms with E-state index in [4.69, 9.17) is 15.2 Å². The summed E-state index contributed by atoms with van der Waals surface area (Å²) in [5.74, 6) is 1.68. The summed E-state index contributed by atoms with van der Waals surface area (Å²) >= 11 is 0. The number of benzene rings is 1. The summed E-state index contributed by atoms with van der Waals surface area (Å²) in [7, 11) is 0. The third-order valence-corrected chi connectivity index (χ3v) is 3.11. The minimum atomic E-state index is -0.140. The van der Waals surface area contributed by atoms with E-state index < -0.39 is 0 Å². The van der Waals surface area contributed by atoms with Crippen molar-refractivity contribution in [3.63, 3.8) is 0 Å². The van der Waals surface area contributed by atoms with Crippen LogP contribution >= 0.6 is 0 Å². The number of fused-ring (bicyclic) bond motifs is 1. The second-order valence-electron chi connectivity index (χ2n) is 5.47. The van der Waals surface area contributed by atoms with Gasteiger partial charge in [-0.3, -0.25) is 0 Å². The first-order chi connectivity index (χ1) is 7.89. The summed E-state index contributed by atoms with van der Waals surface area (Å²) in [6.07, 6.45) is 0.903. The number of para-hydroxylation sites is 1. The molecule has 1 aromatic carbocycles. The van der Waals surface area contributed by atoms with Crippen molar-refractivity contribution in [1.29, 1.82) is 0 Å². The van der Waals surface area contributed by atoms with Crippen LogP contribution < -0.4 is 15.2 Å². The van der Waals surface area contributed by atoms with E-state index >= 15 is 0 Å². The van der Waals surface area contributed by atoms with Crippen LogP contribution in [-0.2, 0) is 6.42 Å². The highest BCUT2D eigenvalue weighted by molar-refractivity contribution is 5.50. The molecular formula is C14H21NO2. The lowest BCUT2D eigenvalue weighted by Crippen LogP contribution is -2.33. The van der Waals surface area contributed by atoms with Crippen LogP contribution in [0.1, 0.15) is 33.3 Å². The molecule has 1 unspecified atom stereocenters. The van der Waals surface area contributed by atoms with E-state index in [0.717, 1.165) is 17.9 Å². The van der Waals surface area contributed by atoms with Gasteiger partial charge in [-0.15, -0.1) is 0 Å². The SMILES string of the molecule is CC(Oc1cccc2c1OC(C)(C)C2)[C@H](C)N. The van der Waals surface area contributed by atoms with Crippen molar-refractivity contribution in [3.05, 3.63) is 23.8 Å². The normalized spacial score (nSPS) is 20.3. The third-order valence-electron chi connectivity index (χ3n) is 3.11. The fourth-order valence-corrected chi connectivity index (χ4v) is 1.99. The molecule has 1 heterocycles. The highest BCUT2D eigenvalue weighted by Crippen LogP contribution is 2.42. The molecule has 1 aliphatic rings. The largest absolute Gasteiger partial charge is 0.485 e. The third kappa shape index (κ3) is 2.55. The molecule has 94 valence electrons. The van der Waals surface area contributed by atoms with Gasteiger partial charge in [-0.2, -0.15) is 0 Å². The van der Waals surface area contributed by atoms with E-state index in [0.29, 0.717) is 0 Å². The van der Waals surface area contributed by atoms with Gasteiger partial charge in [0.1, 0.15) is 11.7 Å². The number of ether oxygens (including phenoxy) is 2. The summed E-state index contributed by atoms with van der Waals surface area (Å²) in [5.41, 5.74) is 6.89. The Bertz CT molecular complexity index is 413. The van der Waals surface area contributed by atoms with Gasteiger partial charge in [0.2, 0.25) is 0 Å². The van der Waals surface area contributed by atoms with Gasteiger partial charge in [-0.25, -0.2) is 0 Å². The Labute approximate surface area is 103 Å². The van der Waals surface area contributed by atoms with Gasteiger partial charge < -0.3 is 15.2 Å². The molecular weight excluding hydrogens is 214 g/mol. The minimum Gasteiger partial charge on any atom is -0.485 e. The zero-order chi connectivity index (χ0) is 12.6. The maximum absolute atomic E-state index is 5.94. The standard InChI is InChI=1S/C14H21NO2/c1-9(15)10(2)16-12-7-5-6-11-8-14(3,4)17-13(11)12/h5-7,9-10H,8,15H2,1-4H3/t9-,10?/m0/s1. The number of nitrogens with two attached hydrogens (primary N) is 1. The summed E-state index contributed by atoms with van der Waals surface area (Å²) < 4.78 is 11.8. The molecule has 3 nitrogen and oxygen atoms in total. The number of hydrogen-bond donors (Lipinski definition) is 1. The molecule has 2 N–H and O–H groups in total. The van der Waals surface area contributed by atoms with Crippen molar-refractivity contribution >= 4 is 0 Å². The van der Waals surface area contributed by atoms with Gasteiger partial charge in [-0.05, 0) is 33.8 Å². The van der Waals surface area contributed by atoms with E-state index in [2.05, 4.69) is 19.9 Å². The Morgan fingerprint density at radius 1 is 1.35 bits per heavy atom. The second-order valence-corrected chi connectivity index (χ2v) is 5.47. The summed E-state index contributed by atoms with van der Waals surface area (Å²) in [6.45, 7) is 8.10. The van der Waals surface area contributed by atoms with Crippen molar-refractivity contribution in [2.24, 2.45) is 5.73 Å². The van der Waals surface area contributed by atoms with Gasteiger partial charge in [-0.1, -0.05) is 12.1 Å². The van der Waals surface area contributed by atoms with Gasteiger partial charge in [0, 0.05) is 18.0 Å². The fourth-order valence-electron chi connectivity index (χ4n) is 1.99. The lowest BCUT2D eigenvalue weighted by molar-refractivity contribution is 0.124. The van der Waals surface area contributed by atoms with Gasteiger partial charge in [0.05, 0.1) is 0 Å². The van der Waals surface area contributed by atoms with Crippen molar-refractivity contribution in [2.45, 2.75) is 51.9 Å². The molecule has 2 atom stereocenters. The van der Waals surface area contributed by atoms with Crippen LogP contribution in [0.2, 0.25) is 0 Å². The Kier molecular flexibility index (Phi) is 3.04. The molecule has 1 aliphatic heterocycles. The molecule has 0 fully saturated rings. The molecule has 17 heavy (non-hydrogen) atoms. The maximum Gasteiger partial charge on any atom is 0.165 e. The Morgan fingerprint density at radius 3 is 2.71 bits per heavy atom. The first-order valence-electron chi connectivity index (χ1n) is 6.12. The molecule has 3 heteroatoms. The first-order valence-corrected chi connectivity index (χ1v) is 6.12. The van der Waals surface area contributed by atoms with Crippen molar-refractivity contribution < 1.29 is 9.47 Å². The van der Waals surface area contributed by atoms with Crippen molar-refractivity contribution in [2.75, 3.05) is 0 Å². The molecule has 0 saturated carbocycles. The average molecular weight is 235 g/mol. The molecule has 1 aromatic rings. The number of hydrogen-bond acceptors (Lipinski definition) is 3. The van der Waals surface area contributed by atoms with Gasteiger partial charge in [0.25, 0.3) is 0 Å². The van der Waals surface area contributed by atoms with E-state index in [1.54, 1.807) is 0 Å². The summed E-state index contributed by atoms with van der Waals surface area (Å²) in [4.78, 5) is 0. The molecule has 0 radical (unpaired) electrons. The molecule has 0 amide bonds. The average Bonchev–Trinajstić information content (AvgIpc) is 2.53. The smallest absolute Gasteiger partial charge is 0.165 e. The van der Waals surface area contributed by atoms with Crippen LogP contribution in [0.25, 0.3) is 0 Å². The fraction of sp³-hybridized carbons (Fsp3) is 0.571.